The molecule has 0 amide bonds. The summed E-state index contributed by atoms with van der Waals surface area (Å²) in [7, 11) is 1.25. The summed E-state index contributed by atoms with van der Waals surface area (Å²) >= 11 is 0. The second-order valence-electron chi connectivity index (χ2n) is 7.89. The summed E-state index contributed by atoms with van der Waals surface area (Å²) in [5, 5.41) is 21.7. The molecule has 1 fully saturated rings. The van der Waals surface area contributed by atoms with E-state index in [0.29, 0.717) is 13.1 Å². The lowest BCUT2D eigenvalue weighted by atomic mass is 9.90. The number of hydrogen-bond acceptors (Lipinski definition) is 9. The first-order chi connectivity index (χ1) is 15.9. The Labute approximate surface area is 190 Å². The molecule has 0 spiro atoms. The fourth-order valence-corrected chi connectivity index (χ4v) is 4.19. The molecule has 2 aromatic rings. The van der Waals surface area contributed by atoms with E-state index in [4.69, 9.17) is 10.5 Å². The van der Waals surface area contributed by atoms with Gasteiger partial charge in [0, 0.05) is 31.4 Å². The van der Waals surface area contributed by atoms with E-state index in [9.17, 15) is 23.8 Å². The van der Waals surface area contributed by atoms with E-state index in [1.165, 1.54) is 13.3 Å². The first-order valence-corrected chi connectivity index (χ1v) is 10.8. The number of aliphatic hydroxyl groups excluding tert-OH is 2. The van der Waals surface area contributed by atoms with Crippen molar-refractivity contribution in [2.45, 2.75) is 37.8 Å². The molecule has 1 saturated carbocycles. The van der Waals surface area contributed by atoms with Gasteiger partial charge >= 0.3 is 0 Å². The van der Waals surface area contributed by atoms with E-state index in [2.05, 4.69) is 20.2 Å². The first kappa shape index (κ1) is 24.7. The van der Waals surface area contributed by atoms with E-state index in [1.807, 2.05) is 0 Å². The van der Waals surface area contributed by atoms with E-state index < -0.39 is 23.0 Å². The van der Waals surface area contributed by atoms with Gasteiger partial charge in [0.05, 0.1) is 25.9 Å². The van der Waals surface area contributed by atoms with Crippen molar-refractivity contribution in [1.29, 1.82) is 0 Å². The van der Waals surface area contributed by atoms with Gasteiger partial charge < -0.3 is 26.0 Å². The van der Waals surface area contributed by atoms with Gasteiger partial charge in [0.1, 0.15) is 17.1 Å². The number of nitrogens with one attached hydrogen (secondary N) is 1. The van der Waals surface area contributed by atoms with Crippen molar-refractivity contribution in [1.82, 2.24) is 14.9 Å². The van der Waals surface area contributed by atoms with Crippen molar-refractivity contribution >= 4 is 17.5 Å². The Balaban J connectivity index is 1.68. The average Bonchev–Trinajstić information content (AvgIpc) is 2.81. The van der Waals surface area contributed by atoms with Crippen LogP contribution < -0.4 is 15.8 Å². The second kappa shape index (κ2) is 11.3. The summed E-state index contributed by atoms with van der Waals surface area (Å²) in [6.07, 6.45) is 4.60. The zero-order chi connectivity index (χ0) is 24.0. The molecule has 11 heteroatoms. The third-order valence-corrected chi connectivity index (χ3v) is 5.89. The molecular formula is C22H29F2N5O4. The molecular weight excluding hydrogens is 436 g/mol. The molecule has 9 nitrogen and oxygen atoms in total. The molecule has 0 unspecified atom stereocenters. The van der Waals surface area contributed by atoms with Gasteiger partial charge in [-0.05, 0) is 37.8 Å². The van der Waals surface area contributed by atoms with Gasteiger partial charge in [-0.2, -0.15) is 4.98 Å². The van der Waals surface area contributed by atoms with E-state index in [1.54, 1.807) is 0 Å². The van der Waals surface area contributed by atoms with Crippen LogP contribution in [0.5, 0.6) is 5.75 Å². The number of nitrogens with two attached hydrogens (primary N) is 1. The monoisotopic (exact) mass is 465 g/mol. The van der Waals surface area contributed by atoms with Gasteiger partial charge in [-0.25, -0.2) is 13.8 Å². The number of ketones is 1. The highest BCUT2D eigenvalue weighted by Gasteiger charge is 2.27. The van der Waals surface area contributed by atoms with Crippen LogP contribution in [0.3, 0.4) is 0 Å². The smallest absolute Gasteiger partial charge is 0.224 e. The molecule has 1 aliphatic rings. The van der Waals surface area contributed by atoms with Crippen molar-refractivity contribution in [2.75, 3.05) is 44.5 Å². The normalized spacial score (nSPS) is 18.4. The molecule has 33 heavy (non-hydrogen) atoms. The number of nitrogen functional groups attached to an aromatic ring is 1. The Hall–Kier alpha value is -2.89. The van der Waals surface area contributed by atoms with Crippen LogP contribution in [0.2, 0.25) is 0 Å². The number of carbonyl (C=O) groups is 1. The zero-order valence-electron chi connectivity index (χ0n) is 18.4. The Bertz CT molecular complexity index is 964. The lowest BCUT2D eigenvalue weighted by molar-refractivity contribution is 0.0991. The number of carbonyl (C=O) groups excluding carboxylic acids is 1. The largest absolute Gasteiger partial charge is 0.496 e. The van der Waals surface area contributed by atoms with Crippen LogP contribution >= 0.6 is 0 Å². The molecule has 1 heterocycles. The van der Waals surface area contributed by atoms with E-state index >= 15 is 0 Å². The predicted molar refractivity (Wildman–Crippen MR) is 118 cm³/mol. The molecule has 180 valence electrons. The number of ether oxygens (including phenoxy) is 1. The lowest BCUT2D eigenvalue weighted by Crippen LogP contribution is -2.43. The minimum Gasteiger partial charge on any atom is -0.496 e. The van der Waals surface area contributed by atoms with Crippen LogP contribution in [0.25, 0.3) is 0 Å². The highest BCUT2D eigenvalue weighted by Crippen LogP contribution is 2.29. The average molecular weight is 466 g/mol. The summed E-state index contributed by atoms with van der Waals surface area (Å²) in [5.41, 5.74) is 5.23. The highest BCUT2D eigenvalue weighted by molar-refractivity contribution is 6.13. The number of halogens is 2. The SMILES string of the molecule is COc1ccc(F)c(F)c1C(=O)c1cnc(N[C@H]2CC[C@H](N(CCO)CCO)CC2)nc1N. The fourth-order valence-electron chi connectivity index (χ4n) is 4.19. The summed E-state index contributed by atoms with van der Waals surface area (Å²) in [4.78, 5) is 23.2. The van der Waals surface area contributed by atoms with Crippen LogP contribution in [-0.4, -0.2) is 76.4 Å². The maximum Gasteiger partial charge on any atom is 0.224 e. The van der Waals surface area contributed by atoms with E-state index in [0.717, 1.165) is 37.8 Å². The fraction of sp³-hybridized carbons (Fsp3) is 0.500. The van der Waals surface area contributed by atoms with Crippen LogP contribution in [0.4, 0.5) is 20.5 Å². The quantitative estimate of drug-likeness (QED) is 0.386. The number of nitrogens with zero attached hydrogens (tertiary/aromatic N) is 3. The van der Waals surface area contributed by atoms with Gasteiger partial charge in [-0.1, -0.05) is 0 Å². The number of benzene rings is 1. The van der Waals surface area contributed by atoms with Crippen molar-refractivity contribution in [3.05, 3.63) is 41.1 Å². The zero-order valence-corrected chi connectivity index (χ0v) is 18.4. The number of rotatable bonds is 10. The summed E-state index contributed by atoms with van der Waals surface area (Å²) in [6.45, 7) is 1.13. The Kier molecular flexibility index (Phi) is 8.48. The van der Waals surface area contributed by atoms with Crippen LogP contribution in [0, 0.1) is 11.6 Å². The third-order valence-electron chi connectivity index (χ3n) is 5.89. The van der Waals surface area contributed by atoms with E-state index in [-0.39, 0.29) is 48.4 Å². The Morgan fingerprint density at radius 3 is 2.45 bits per heavy atom. The topological polar surface area (TPSA) is 134 Å². The first-order valence-electron chi connectivity index (χ1n) is 10.8. The van der Waals surface area contributed by atoms with Crippen LogP contribution in [0.1, 0.15) is 41.6 Å². The number of aromatic nitrogens is 2. The number of hydrogen-bond donors (Lipinski definition) is 4. The van der Waals surface area contributed by atoms with Gasteiger partial charge in [-0.3, -0.25) is 9.69 Å². The molecule has 1 aliphatic carbocycles. The van der Waals surface area contributed by atoms with Gasteiger partial charge in [0.25, 0.3) is 0 Å². The molecule has 3 rings (SSSR count). The van der Waals surface area contributed by atoms with Crippen LogP contribution in [0.15, 0.2) is 18.3 Å². The highest BCUT2D eigenvalue weighted by atomic mass is 19.2. The van der Waals surface area contributed by atoms with Crippen molar-refractivity contribution in [3.8, 4) is 5.75 Å². The third kappa shape index (κ3) is 5.73. The molecule has 0 bridgehead atoms. The van der Waals surface area contributed by atoms with Crippen molar-refractivity contribution in [2.24, 2.45) is 0 Å². The molecule has 0 radical (unpaired) electrons. The van der Waals surface area contributed by atoms with Crippen molar-refractivity contribution < 1.29 is 28.5 Å². The molecule has 1 aromatic heterocycles. The lowest BCUT2D eigenvalue weighted by Gasteiger charge is -2.36. The van der Waals surface area contributed by atoms with Crippen molar-refractivity contribution in [3.63, 3.8) is 0 Å². The maximum absolute atomic E-state index is 14.3. The van der Waals surface area contributed by atoms with Gasteiger partial charge in [-0.15, -0.1) is 0 Å². The molecule has 0 aliphatic heterocycles. The molecule has 0 atom stereocenters. The minimum absolute atomic E-state index is 0.0434. The summed E-state index contributed by atoms with van der Waals surface area (Å²) < 4.78 is 33.0. The molecule has 5 N–H and O–H groups in total. The number of methoxy groups -OCH3 is 1. The summed E-state index contributed by atoms with van der Waals surface area (Å²) in [5.74, 6) is -3.41. The van der Waals surface area contributed by atoms with Gasteiger partial charge in [0.2, 0.25) is 11.7 Å². The predicted octanol–water partition coefficient (Wildman–Crippen LogP) is 1.59. The number of aliphatic hydroxyl groups is 2. The van der Waals surface area contributed by atoms with Crippen LogP contribution in [-0.2, 0) is 0 Å². The number of anilines is 2. The maximum atomic E-state index is 14.3. The second-order valence-corrected chi connectivity index (χ2v) is 7.89. The molecule has 0 saturated heterocycles. The van der Waals surface area contributed by atoms with Gasteiger partial charge in [0.15, 0.2) is 11.6 Å². The minimum atomic E-state index is -1.32. The summed E-state index contributed by atoms with van der Waals surface area (Å²) in [6, 6.07) is 2.41. The molecule has 1 aromatic carbocycles. The standard InChI is InChI=1S/C22H29F2N5O4/c1-33-17-7-6-16(23)19(24)18(17)20(32)15-12-26-22(28-21(15)25)27-13-2-4-14(5-3-13)29(8-10-30)9-11-31/h6-7,12-14,30-31H,2-5,8-11H2,1H3,(H3,25,26,27,28)/t13-,14-. The Morgan fingerprint density at radius 1 is 1.21 bits per heavy atom. The Morgan fingerprint density at radius 2 is 1.88 bits per heavy atom.